The molecule has 3 rings (SSSR count). The fourth-order valence-corrected chi connectivity index (χ4v) is 2.16. The number of anilines is 1. The molecule has 4 heteroatoms. The van der Waals surface area contributed by atoms with Crippen molar-refractivity contribution < 1.29 is 4.79 Å². The number of hydrogen-bond donors (Lipinski definition) is 1. The van der Waals surface area contributed by atoms with Gasteiger partial charge in [0.05, 0.1) is 11.4 Å². The van der Waals surface area contributed by atoms with Gasteiger partial charge in [-0.3, -0.25) is 4.79 Å². The summed E-state index contributed by atoms with van der Waals surface area (Å²) in [5, 5.41) is 3.37. The molecule has 0 spiro atoms. The van der Waals surface area contributed by atoms with E-state index >= 15 is 0 Å². The molecular formula is C15H11ClN2O. The molecule has 0 fully saturated rings. The van der Waals surface area contributed by atoms with Gasteiger partial charge in [-0.25, -0.2) is 4.99 Å². The molecule has 1 aliphatic rings. The summed E-state index contributed by atoms with van der Waals surface area (Å²) in [4.78, 5) is 16.3. The molecule has 0 saturated carbocycles. The summed E-state index contributed by atoms with van der Waals surface area (Å²) >= 11 is 5.97. The van der Waals surface area contributed by atoms with Crippen LogP contribution in [0, 0.1) is 6.92 Å². The van der Waals surface area contributed by atoms with E-state index in [0.717, 1.165) is 22.5 Å². The Morgan fingerprint density at radius 1 is 1.11 bits per heavy atom. The summed E-state index contributed by atoms with van der Waals surface area (Å²) in [5.41, 5.74) is 3.81. The molecule has 0 bridgehead atoms. The highest BCUT2D eigenvalue weighted by Crippen LogP contribution is 2.28. The van der Waals surface area contributed by atoms with Gasteiger partial charge in [0.15, 0.2) is 0 Å². The summed E-state index contributed by atoms with van der Waals surface area (Å²) < 4.78 is 0. The fraction of sp³-hybridized carbons (Fsp3) is 0.0667. The van der Waals surface area contributed by atoms with Crippen LogP contribution < -0.4 is 5.32 Å². The van der Waals surface area contributed by atoms with Crippen molar-refractivity contribution in [1.82, 2.24) is 0 Å². The zero-order chi connectivity index (χ0) is 13.4. The lowest BCUT2D eigenvalue weighted by Crippen LogP contribution is -2.13. The van der Waals surface area contributed by atoms with E-state index in [1.54, 1.807) is 18.2 Å². The van der Waals surface area contributed by atoms with Crippen molar-refractivity contribution in [3.05, 3.63) is 58.6 Å². The van der Waals surface area contributed by atoms with Crippen LogP contribution in [0.1, 0.15) is 11.1 Å². The van der Waals surface area contributed by atoms with Crippen LogP contribution in [0.3, 0.4) is 0 Å². The molecule has 94 valence electrons. The largest absolute Gasteiger partial charge is 0.320 e. The van der Waals surface area contributed by atoms with Crippen molar-refractivity contribution in [3.8, 4) is 0 Å². The van der Waals surface area contributed by atoms with Gasteiger partial charge in [0.1, 0.15) is 5.71 Å². The van der Waals surface area contributed by atoms with Crippen LogP contribution >= 0.6 is 11.6 Å². The third kappa shape index (κ3) is 2.25. The number of nitrogens with zero attached hydrogens (tertiary/aromatic N) is 1. The van der Waals surface area contributed by atoms with Gasteiger partial charge in [-0.05, 0) is 37.3 Å². The number of rotatable bonds is 1. The zero-order valence-electron chi connectivity index (χ0n) is 10.3. The maximum atomic E-state index is 11.9. The first-order valence-corrected chi connectivity index (χ1v) is 6.28. The number of nitrogens with one attached hydrogen (secondary N) is 1. The molecule has 0 atom stereocenters. The van der Waals surface area contributed by atoms with Crippen LogP contribution in [0.25, 0.3) is 0 Å². The monoisotopic (exact) mass is 270 g/mol. The Bertz CT molecular complexity index is 690. The van der Waals surface area contributed by atoms with Crippen LogP contribution in [0.4, 0.5) is 11.4 Å². The number of carbonyl (C=O) groups is 1. The average molecular weight is 271 g/mol. The molecule has 0 radical (unpaired) electrons. The second kappa shape index (κ2) is 4.52. The molecule has 0 aliphatic carbocycles. The van der Waals surface area contributed by atoms with Gasteiger partial charge in [-0.1, -0.05) is 29.3 Å². The van der Waals surface area contributed by atoms with Gasteiger partial charge in [0.2, 0.25) is 0 Å². The Balaban J connectivity index is 2.08. The summed E-state index contributed by atoms with van der Waals surface area (Å²) in [6.45, 7) is 2.01. The number of hydrogen-bond acceptors (Lipinski definition) is 2. The van der Waals surface area contributed by atoms with Gasteiger partial charge >= 0.3 is 0 Å². The van der Waals surface area contributed by atoms with Crippen molar-refractivity contribution in [2.75, 3.05) is 5.32 Å². The second-order valence-corrected chi connectivity index (χ2v) is 4.88. The van der Waals surface area contributed by atoms with Gasteiger partial charge in [0.25, 0.3) is 5.91 Å². The Hall–Kier alpha value is -2.13. The van der Waals surface area contributed by atoms with Crippen molar-refractivity contribution in [1.29, 1.82) is 0 Å². The van der Waals surface area contributed by atoms with Crippen LogP contribution in [0.15, 0.2) is 47.5 Å². The van der Waals surface area contributed by atoms with Crippen LogP contribution in [0.2, 0.25) is 5.02 Å². The third-order valence-electron chi connectivity index (χ3n) is 2.97. The standard InChI is InChI=1S/C15H11ClN2O/c1-9-2-5-11(6-3-9)17-14-12-8-10(16)4-7-13(12)18-15(14)19/h2-8H,1H3,(H,17,18,19). The van der Waals surface area contributed by atoms with Crippen LogP contribution in [-0.4, -0.2) is 11.6 Å². The number of aliphatic imine (C=N–C) groups is 1. The van der Waals surface area contributed by atoms with E-state index in [-0.39, 0.29) is 5.91 Å². The van der Waals surface area contributed by atoms with Gasteiger partial charge < -0.3 is 5.32 Å². The van der Waals surface area contributed by atoms with Crippen molar-refractivity contribution >= 4 is 34.6 Å². The molecule has 1 heterocycles. The molecule has 1 aliphatic heterocycles. The minimum absolute atomic E-state index is 0.196. The number of amides is 1. The lowest BCUT2D eigenvalue weighted by molar-refractivity contribution is -0.110. The average Bonchev–Trinajstić information content (AvgIpc) is 2.69. The SMILES string of the molecule is Cc1ccc(N=C2C(=O)Nc3ccc(Cl)cc32)cc1. The quantitative estimate of drug-likeness (QED) is 0.843. The summed E-state index contributed by atoms with van der Waals surface area (Å²) in [7, 11) is 0. The van der Waals surface area contributed by atoms with E-state index in [0.29, 0.717) is 10.7 Å². The van der Waals surface area contributed by atoms with Crippen molar-refractivity contribution in [2.24, 2.45) is 4.99 Å². The molecular weight excluding hydrogens is 260 g/mol. The molecule has 0 unspecified atom stereocenters. The molecule has 2 aromatic rings. The van der Waals surface area contributed by atoms with E-state index in [1.165, 1.54) is 0 Å². The Morgan fingerprint density at radius 3 is 2.58 bits per heavy atom. The van der Waals surface area contributed by atoms with Crippen LogP contribution in [0.5, 0.6) is 0 Å². The fourth-order valence-electron chi connectivity index (χ4n) is 1.98. The number of aryl methyl sites for hydroxylation is 1. The van der Waals surface area contributed by atoms with Crippen LogP contribution in [-0.2, 0) is 4.79 Å². The van der Waals surface area contributed by atoms with E-state index < -0.39 is 0 Å². The lowest BCUT2D eigenvalue weighted by Gasteiger charge is -1.99. The predicted molar refractivity (Wildman–Crippen MR) is 77.5 cm³/mol. The number of halogens is 1. The highest BCUT2D eigenvalue weighted by Gasteiger charge is 2.25. The highest BCUT2D eigenvalue weighted by molar-refractivity contribution is 6.54. The van der Waals surface area contributed by atoms with E-state index in [1.807, 2.05) is 31.2 Å². The Kier molecular flexibility index (Phi) is 2.84. The highest BCUT2D eigenvalue weighted by atomic mass is 35.5. The lowest BCUT2D eigenvalue weighted by atomic mass is 10.1. The van der Waals surface area contributed by atoms with Gasteiger partial charge in [-0.2, -0.15) is 0 Å². The molecule has 2 aromatic carbocycles. The molecule has 1 amide bonds. The maximum absolute atomic E-state index is 11.9. The van der Waals surface area contributed by atoms with E-state index in [2.05, 4.69) is 10.3 Å². The zero-order valence-corrected chi connectivity index (χ0v) is 11.0. The number of carbonyl (C=O) groups excluding carboxylic acids is 1. The summed E-state index contributed by atoms with van der Waals surface area (Å²) in [6, 6.07) is 13.0. The number of benzene rings is 2. The topological polar surface area (TPSA) is 41.5 Å². The Labute approximate surface area is 115 Å². The van der Waals surface area contributed by atoms with E-state index in [9.17, 15) is 4.79 Å². The van der Waals surface area contributed by atoms with Crippen molar-refractivity contribution in [3.63, 3.8) is 0 Å². The van der Waals surface area contributed by atoms with E-state index in [4.69, 9.17) is 11.6 Å². The van der Waals surface area contributed by atoms with Crippen molar-refractivity contribution in [2.45, 2.75) is 6.92 Å². The maximum Gasteiger partial charge on any atom is 0.275 e. The minimum Gasteiger partial charge on any atom is -0.320 e. The Morgan fingerprint density at radius 2 is 1.84 bits per heavy atom. The molecule has 1 N–H and O–H groups in total. The molecule has 19 heavy (non-hydrogen) atoms. The predicted octanol–water partition coefficient (Wildman–Crippen LogP) is 3.72. The summed E-state index contributed by atoms with van der Waals surface area (Å²) in [6.07, 6.45) is 0. The first kappa shape index (κ1) is 11.9. The second-order valence-electron chi connectivity index (χ2n) is 4.44. The third-order valence-corrected chi connectivity index (χ3v) is 3.21. The van der Waals surface area contributed by atoms with Gasteiger partial charge in [0, 0.05) is 10.6 Å². The molecule has 0 aromatic heterocycles. The minimum atomic E-state index is -0.196. The molecule has 3 nitrogen and oxygen atoms in total. The smallest absolute Gasteiger partial charge is 0.275 e. The number of fused-ring (bicyclic) bond motifs is 1. The first-order valence-electron chi connectivity index (χ1n) is 5.90. The first-order chi connectivity index (χ1) is 9.13. The van der Waals surface area contributed by atoms with Gasteiger partial charge in [-0.15, -0.1) is 0 Å². The molecule has 0 saturated heterocycles. The normalized spacial score (nSPS) is 15.5. The summed E-state index contributed by atoms with van der Waals surface area (Å²) in [5.74, 6) is -0.196.